The first-order chi connectivity index (χ1) is 7.06. The summed E-state index contributed by atoms with van der Waals surface area (Å²) < 4.78 is 0.894. The van der Waals surface area contributed by atoms with E-state index in [1.807, 2.05) is 18.0 Å². The first kappa shape index (κ1) is 12.0. The van der Waals surface area contributed by atoms with Crippen molar-refractivity contribution in [3.63, 3.8) is 0 Å². The molecule has 0 bridgehead atoms. The average molecular weight is 272 g/mol. The van der Waals surface area contributed by atoms with E-state index in [2.05, 4.69) is 22.9 Å². The van der Waals surface area contributed by atoms with Gasteiger partial charge in [0.15, 0.2) is 0 Å². The van der Waals surface area contributed by atoms with Crippen LogP contribution < -0.4 is 4.90 Å². The van der Waals surface area contributed by atoms with Crippen LogP contribution in [0.25, 0.3) is 0 Å². The van der Waals surface area contributed by atoms with E-state index < -0.39 is 5.97 Å². The van der Waals surface area contributed by atoms with Crippen molar-refractivity contribution in [1.29, 1.82) is 0 Å². The summed E-state index contributed by atoms with van der Waals surface area (Å²) in [5, 5.41) is 9.03. The lowest BCUT2D eigenvalue weighted by atomic mass is 10.1. The molecule has 0 saturated carbocycles. The molecule has 0 aliphatic rings. The largest absolute Gasteiger partial charge is 0.478 e. The van der Waals surface area contributed by atoms with Gasteiger partial charge in [0, 0.05) is 18.1 Å². The SMILES string of the molecule is CCCN(C)c1cc(Br)ccc1C(=O)O. The van der Waals surface area contributed by atoms with E-state index >= 15 is 0 Å². The molecule has 0 spiro atoms. The predicted octanol–water partition coefficient (Wildman–Crippen LogP) is 2.99. The Morgan fingerprint density at radius 3 is 2.73 bits per heavy atom. The molecule has 4 heteroatoms. The molecule has 0 saturated heterocycles. The van der Waals surface area contributed by atoms with Gasteiger partial charge in [-0.25, -0.2) is 4.79 Å². The third-order valence-electron chi connectivity index (χ3n) is 2.16. The van der Waals surface area contributed by atoms with Crippen molar-refractivity contribution in [3.8, 4) is 0 Å². The van der Waals surface area contributed by atoms with Crippen LogP contribution >= 0.6 is 15.9 Å². The van der Waals surface area contributed by atoms with Crippen LogP contribution in [0.5, 0.6) is 0 Å². The van der Waals surface area contributed by atoms with Crippen LogP contribution in [0.2, 0.25) is 0 Å². The van der Waals surface area contributed by atoms with Gasteiger partial charge in [-0.15, -0.1) is 0 Å². The second kappa shape index (κ2) is 5.16. The van der Waals surface area contributed by atoms with Gasteiger partial charge in [0.1, 0.15) is 0 Å². The van der Waals surface area contributed by atoms with Crippen molar-refractivity contribution >= 4 is 27.6 Å². The van der Waals surface area contributed by atoms with Gasteiger partial charge in [-0.2, -0.15) is 0 Å². The maximum Gasteiger partial charge on any atom is 0.337 e. The van der Waals surface area contributed by atoms with Crippen LogP contribution in [0.3, 0.4) is 0 Å². The molecular formula is C11H14BrNO2. The smallest absolute Gasteiger partial charge is 0.337 e. The van der Waals surface area contributed by atoms with Gasteiger partial charge in [0.25, 0.3) is 0 Å². The van der Waals surface area contributed by atoms with Crippen LogP contribution in [0.1, 0.15) is 23.7 Å². The molecule has 1 N–H and O–H groups in total. The van der Waals surface area contributed by atoms with Gasteiger partial charge >= 0.3 is 5.97 Å². The third kappa shape index (κ3) is 2.96. The highest BCUT2D eigenvalue weighted by atomic mass is 79.9. The van der Waals surface area contributed by atoms with E-state index in [9.17, 15) is 4.79 Å². The standard InChI is InChI=1S/C11H14BrNO2/c1-3-6-13(2)10-7-8(12)4-5-9(10)11(14)15/h4-5,7H,3,6H2,1-2H3,(H,14,15). The summed E-state index contributed by atoms with van der Waals surface area (Å²) in [7, 11) is 1.90. The summed E-state index contributed by atoms with van der Waals surface area (Å²) in [4.78, 5) is 13.0. The molecule has 1 aromatic carbocycles. The lowest BCUT2D eigenvalue weighted by molar-refractivity contribution is 0.0697. The fourth-order valence-corrected chi connectivity index (χ4v) is 1.81. The van der Waals surface area contributed by atoms with Crippen LogP contribution in [-0.2, 0) is 0 Å². The fraction of sp³-hybridized carbons (Fsp3) is 0.364. The van der Waals surface area contributed by atoms with Crippen molar-refractivity contribution in [3.05, 3.63) is 28.2 Å². The Hall–Kier alpha value is -1.03. The van der Waals surface area contributed by atoms with E-state index in [4.69, 9.17) is 5.11 Å². The summed E-state index contributed by atoms with van der Waals surface area (Å²) in [6, 6.07) is 5.19. The second-order valence-corrected chi connectivity index (χ2v) is 4.30. The quantitative estimate of drug-likeness (QED) is 0.916. The van der Waals surface area contributed by atoms with Crippen LogP contribution in [-0.4, -0.2) is 24.7 Å². The maximum atomic E-state index is 11.0. The molecule has 3 nitrogen and oxygen atoms in total. The van der Waals surface area contributed by atoms with E-state index in [0.29, 0.717) is 5.56 Å². The zero-order chi connectivity index (χ0) is 11.4. The van der Waals surface area contributed by atoms with Crippen LogP contribution in [0, 0.1) is 0 Å². The van der Waals surface area contributed by atoms with E-state index in [-0.39, 0.29) is 0 Å². The highest BCUT2D eigenvalue weighted by molar-refractivity contribution is 9.10. The minimum absolute atomic E-state index is 0.342. The molecular weight excluding hydrogens is 258 g/mol. The molecule has 0 radical (unpaired) electrons. The number of aromatic carboxylic acids is 1. The molecule has 0 heterocycles. The summed E-state index contributed by atoms with van der Waals surface area (Å²) >= 11 is 3.35. The Labute approximate surface area is 97.8 Å². The fourth-order valence-electron chi connectivity index (χ4n) is 1.46. The minimum Gasteiger partial charge on any atom is -0.478 e. The predicted molar refractivity (Wildman–Crippen MR) is 64.7 cm³/mol. The molecule has 0 unspecified atom stereocenters. The molecule has 0 aromatic heterocycles. The van der Waals surface area contributed by atoms with Gasteiger partial charge in [0.2, 0.25) is 0 Å². The van der Waals surface area contributed by atoms with Gasteiger partial charge < -0.3 is 10.0 Å². The van der Waals surface area contributed by atoms with Crippen molar-refractivity contribution in [2.24, 2.45) is 0 Å². The van der Waals surface area contributed by atoms with Crippen molar-refractivity contribution < 1.29 is 9.90 Å². The lowest BCUT2D eigenvalue weighted by Gasteiger charge is -2.20. The number of anilines is 1. The highest BCUT2D eigenvalue weighted by Crippen LogP contribution is 2.24. The Morgan fingerprint density at radius 2 is 2.20 bits per heavy atom. The number of carboxylic acids is 1. The number of rotatable bonds is 4. The lowest BCUT2D eigenvalue weighted by Crippen LogP contribution is -2.20. The van der Waals surface area contributed by atoms with E-state index in [0.717, 1.165) is 23.1 Å². The molecule has 15 heavy (non-hydrogen) atoms. The zero-order valence-electron chi connectivity index (χ0n) is 8.83. The third-order valence-corrected chi connectivity index (χ3v) is 2.65. The molecule has 0 aliphatic heterocycles. The molecule has 0 fully saturated rings. The number of carboxylic acid groups (broad SMARTS) is 1. The highest BCUT2D eigenvalue weighted by Gasteiger charge is 2.13. The van der Waals surface area contributed by atoms with E-state index in [1.165, 1.54) is 0 Å². The Balaban J connectivity index is 3.12. The monoisotopic (exact) mass is 271 g/mol. The van der Waals surface area contributed by atoms with Gasteiger partial charge in [-0.1, -0.05) is 22.9 Å². The van der Waals surface area contributed by atoms with Crippen LogP contribution in [0.15, 0.2) is 22.7 Å². The van der Waals surface area contributed by atoms with Crippen molar-refractivity contribution in [2.45, 2.75) is 13.3 Å². The normalized spacial score (nSPS) is 10.1. The minimum atomic E-state index is -0.888. The molecule has 82 valence electrons. The second-order valence-electron chi connectivity index (χ2n) is 3.39. The number of carbonyl (C=O) groups is 1. The summed E-state index contributed by atoms with van der Waals surface area (Å²) in [5.74, 6) is -0.888. The van der Waals surface area contributed by atoms with Gasteiger partial charge in [0.05, 0.1) is 11.3 Å². The first-order valence-electron chi connectivity index (χ1n) is 4.80. The number of nitrogens with zero attached hydrogens (tertiary/aromatic N) is 1. The van der Waals surface area contributed by atoms with Gasteiger partial charge in [-0.05, 0) is 24.6 Å². The van der Waals surface area contributed by atoms with Gasteiger partial charge in [-0.3, -0.25) is 0 Å². The number of hydrogen-bond acceptors (Lipinski definition) is 2. The Morgan fingerprint density at radius 1 is 1.53 bits per heavy atom. The molecule has 1 aromatic rings. The molecule has 0 atom stereocenters. The average Bonchev–Trinajstić information content (AvgIpc) is 2.17. The number of hydrogen-bond donors (Lipinski definition) is 1. The topological polar surface area (TPSA) is 40.5 Å². The van der Waals surface area contributed by atoms with Crippen LogP contribution in [0.4, 0.5) is 5.69 Å². The van der Waals surface area contributed by atoms with Crippen molar-refractivity contribution in [2.75, 3.05) is 18.5 Å². The number of benzene rings is 1. The van der Waals surface area contributed by atoms with Crippen molar-refractivity contribution in [1.82, 2.24) is 0 Å². The molecule has 0 aliphatic carbocycles. The first-order valence-corrected chi connectivity index (χ1v) is 5.59. The summed E-state index contributed by atoms with van der Waals surface area (Å²) in [5.41, 5.74) is 1.09. The zero-order valence-corrected chi connectivity index (χ0v) is 10.4. The number of halogens is 1. The Kier molecular flexibility index (Phi) is 4.15. The maximum absolute atomic E-state index is 11.0. The van der Waals surface area contributed by atoms with E-state index in [1.54, 1.807) is 12.1 Å². The summed E-state index contributed by atoms with van der Waals surface area (Å²) in [6.07, 6.45) is 0.988. The molecule has 1 rings (SSSR count). The molecule has 0 amide bonds. The Bertz CT molecular complexity index is 366. The summed E-state index contributed by atoms with van der Waals surface area (Å²) in [6.45, 7) is 2.91.